The molecule has 3 heteroatoms. The highest BCUT2D eigenvalue weighted by Crippen LogP contribution is 2.24. The summed E-state index contributed by atoms with van der Waals surface area (Å²) in [4.78, 5) is 0. The van der Waals surface area contributed by atoms with Gasteiger partial charge in [-0.15, -0.1) is 0 Å². The number of anilines is 1. The minimum atomic E-state index is 0.401. The summed E-state index contributed by atoms with van der Waals surface area (Å²) in [5, 5.41) is 8.60. The first kappa shape index (κ1) is 9.14. The van der Waals surface area contributed by atoms with Gasteiger partial charge in [-0.25, -0.2) is 0 Å². The fourth-order valence-electron chi connectivity index (χ4n) is 0.963. The van der Waals surface area contributed by atoms with E-state index < -0.39 is 0 Å². The van der Waals surface area contributed by atoms with Gasteiger partial charge >= 0.3 is 0 Å². The van der Waals surface area contributed by atoms with Crippen molar-refractivity contribution in [3.63, 3.8) is 0 Å². The lowest BCUT2D eigenvalue weighted by molar-refractivity contribution is 0.417. The molecule has 1 rings (SSSR count). The summed E-state index contributed by atoms with van der Waals surface area (Å²) in [6.45, 7) is 3.59. The number of hydrogen-bond donors (Lipinski definition) is 1. The van der Waals surface area contributed by atoms with E-state index in [4.69, 9.17) is 15.7 Å². The highest BCUT2D eigenvalue weighted by Gasteiger charge is 2.02. The molecule has 0 amide bonds. The van der Waals surface area contributed by atoms with Crippen LogP contribution in [0.5, 0.6) is 5.75 Å². The molecule has 0 aliphatic rings. The molecule has 0 bridgehead atoms. The number of ether oxygens (including phenoxy) is 1. The van der Waals surface area contributed by atoms with Crippen molar-refractivity contribution in [2.75, 3.05) is 12.8 Å². The Morgan fingerprint density at radius 1 is 1.62 bits per heavy atom. The molecule has 0 spiro atoms. The van der Waals surface area contributed by atoms with Gasteiger partial charge in [0.25, 0.3) is 0 Å². The maximum absolute atomic E-state index is 8.60. The summed E-state index contributed by atoms with van der Waals surface area (Å²) in [5.74, 6) is 0.564. The predicted molar refractivity (Wildman–Crippen MR) is 52.1 cm³/mol. The normalized spacial score (nSPS) is 8.92. The van der Waals surface area contributed by atoms with Crippen LogP contribution in [0.15, 0.2) is 24.8 Å². The van der Waals surface area contributed by atoms with Crippen molar-refractivity contribution in [2.24, 2.45) is 0 Å². The van der Waals surface area contributed by atoms with Crippen LogP contribution in [0.25, 0.3) is 5.57 Å². The molecule has 13 heavy (non-hydrogen) atoms. The minimum Gasteiger partial charge on any atom is -0.495 e. The van der Waals surface area contributed by atoms with E-state index in [1.807, 2.05) is 6.07 Å². The lowest BCUT2D eigenvalue weighted by Gasteiger charge is -2.05. The van der Waals surface area contributed by atoms with Gasteiger partial charge in [0.2, 0.25) is 0 Å². The first-order valence-corrected chi connectivity index (χ1v) is 3.72. The van der Waals surface area contributed by atoms with E-state index in [0.717, 1.165) is 5.56 Å². The predicted octanol–water partition coefficient (Wildman–Crippen LogP) is 1.81. The Labute approximate surface area is 77.0 Å². The zero-order chi connectivity index (χ0) is 9.84. The van der Waals surface area contributed by atoms with Crippen molar-refractivity contribution in [1.29, 1.82) is 5.26 Å². The number of allylic oxidation sites excluding steroid dienone is 1. The van der Waals surface area contributed by atoms with Crippen molar-refractivity contribution in [3.05, 3.63) is 30.3 Å². The quantitative estimate of drug-likeness (QED) is 0.549. The molecular formula is C10H10N2O. The molecule has 0 heterocycles. The highest BCUT2D eigenvalue weighted by molar-refractivity contribution is 5.77. The highest BCUT2D eigenvalue weighted by atomic mass is 16.5. The van der Waals surface area contributed by atoms with Crippen LogP contribution in [0.4, 0.5) is 5.69 Å². The molecule has 0 atom stereocenters. The smallest absolute Gasteiger partial charge is 0.142 e. The Hall–Kier alpha value is -1.95. The van der Waals surface area contributed by atoms with E-state index in [-0.39, 0.29) is 0 Å². The van der Waals surface area contributed by atoms with E-state index in [0.29, 0.717) is 17.0 Å². The molecule has 0 saturated heterocycles. The van der Waals surface area contributed by atoms with Crippen molar-refractivity contribution in [2.45, 2.75) is 0 Å². The standard InChI is InChI=1S/C10H10N2O/c1-7(6-11)8-3-4-9(12)10(5-8)13-2/h3-5H,1,12H2,2H3. The zero-order valence-corrected chi connectivity index (χ0v) is 7.37. The third kappa shape index (κ3) is 1.79. The summed E-state index contributed by atoms with van der Waals surface area (Å²) in [5.41, 5.74) is 7.29. The molecule has 1 aromatic carbocycles. The lowest BCUT2D eigenvalue weighted by atomic mass is 10.1. The Bertz CT molecular complexity index is 377. The van der Waals surface area contributed by atoms with E-state index in [1.165, 1.54) is 7.11 Å². The van der Waals surface area contributed by atoms with E-state index in [2.05, 4.69) is 6.58 Å². The summed E-state index contributed by atoms with van der Waals surface area (Å²) in [7, 11) is 1.53. The summed E-state index contributed by atoms with van der Waals surface area (Å²) >= 11 is 0. The van der Waals surface area contributed by atoms with Crippen molar-refractivity contribution in [1.82, 2.24) is 0 Å². The average Bonchev–Trinajstić information content (AvgIpc) is 2.17. The van der Waals surface area contributed by atoms with Crippen molar-refractivity contribution >= 4 is 11.3 Å². The second-order valence-corrected chi connectivity index (χ2v) is 2.55. The first-order chi connectivity index (χ1) is 6.19. The third-order valence-corrected chi connectivity index (χ3v) is 1.72. The molecule has 0 unspecified atom stereocenters. The maximum Gasteiger partial charge on any atom is 0.142 e. The number of nitriles is 1. The van der Waals surface area contributed by atoms with Crippen LogP contribution in [0.3, 0.4) is 0 Å². The van der Waals surface area contributed by atoms with Crippen LogP contribution in [-0.2, 0) is 0 Å². The zero-order valence-electron chi connectivity index (χ0n) is 7.37. The number of nitrogen functional groups attached to an aromatic ring is 1. The van der Waals surface area contributed by atoms with Gasteiger partial charge < -0.3 is 10.5 Å². The monoisotopic (exact) mass is 174 g/mol. The molecular weight excluding hydrogens is 164 g/mol. The van der Waals surface area contributed by atoms with Gasteiger partial charge in [-0.1, -0.05) is 12.6 Å². The van der Waals surface area contributed by atoms with Gasteiger partial charge in [-0.05, 0) is 17.7 Å². The molecule has 2 N–H and O–H groups in total. The van der Waals surface area contributed by atoms with Crippen molar-refractivity contribution in [3.8, 4) is 11.8 Å². The second-order valence-electron chi connectivity index (χ2n) is 2.55. The number of methoxy groups -OCH3 is 1. The lowest BCUT2D eigenvalue weighted by Crippen LogP contribution is -1.93. The third-order valence-electron chi connectivity index (χ3n) is 1.72. The van der Waals surface area contributed by atoms with E-state index in [9.17, 15) is 0 Å². The number of benzene rings is 1. The summed E-state index contributed by atoms with van der Waals surface area (Å²) in [6.07, 6.45) is 0. The van der Waals surface area contributed by atoms with Crippen molar-refractivity contribution < 1.29 is 4.74 Å². The Balaban J connectivity index is 3.15. The average molecular weight is 174 g/mol. The maximum atomic E-state index is 8.60. The van der Waals surface area contributed by atoms with Crippen LogP contribution in [0, 0.1) is 11.3 Å². The fourth-order valence-corrected chi connectivity index (χ4v) is 0.963. The molecule has 3 nitrogen and oxygen atoms in total. The molecule has 0 aliphatic heterocycles. The van der Waals surface area contributed by atoms with Gasteiger partial charge in [0.05, 0.1) is 24.4 Å². The summed E-state index contributed by atoms with van der Waals surface area (Å²) < 4.78 is 5.00. The topological polar surface area (TPSA) is 59.0 Å². The van der Waals surface area contributed by atoms with Gasteiger partial charge in [0.1, 0.15) is 5.75 Å². The van der Waals surface area contributed by atoms with Crippen LogP contribution in [0.2, 0.25) is 0 Å². The van der Waals surface area contributed by atoms with E-state index >= 15 is 0 Å². The Morgan fingerprint density at radius 2 is 2.31 bits per heavy atom. The molecule has 0 radical (unpaired) electrons. The Kier molecular flexibility index (Phi) is 2.56. The number of hydrogen-bond acceptors (Lipinski definition) is 3. The molecule has 0 saturated carbocycles. The minimum absolute atomic E-state index is 0.401. The van der Waals surface area contributed by atoms with Gasteiger partial charge in [0.15, 0.2) is 0 Å². The van der Waals surface area contributed by atoms with Crippen LogP contribution in [0.1, 0.15) is 5.56 Å². The van der Waals surface area contributed by atoms with Gasteiger partial charge in [0, 0.05) is 0 Å². The van der Waals surface area contributed by atoms with Crippen LogP contribution < -0.4 is 10.5 Å². The van der Waals surface area contributed by atoms with Crippen LogP contribution >= 0.6 is 0 Å². The fraction of sp³-hybridized carbons (Fsp3) is 0.100. The van der Waals surface area contributed by atoms with Gasteiger partial charge in [-0.3, -0.25) is 0 Å². The SMILES string of the molecule is C=C(C#N)c1ccc(N)c(OC)c1. The van der Waals surface area contributed by atoms with Crippen LogP contribution in [-0.4, -0.2) is 7.11 Å². The van der Waals surface area contributed by atoms with Gasteiger partial charge in [-0.2, -0.15) is 5.26 Å². The molecule has 0 aromatic heterocycles. The molecule has 0 aliphatic carbocycles. The summed E-state index contributed by atoms with van der Waals surface area (Å²) in [6, 6.07) is 7.09. The second kappa shape index (κ2) is 3.63. The first-order valence-electron chi connectivity index (χ1n) is 3.72. The molecule has 0 fully saturated rings. The van der Waals surface area contributed by atoms with E-state index in [1.54, 1.807) is 18.2 Å². The number of rotatable bonds is 2. The number of nitrogens with two attached hydrogens (primary N) is 1. The number of nitrogens with zero attached hydrogens (tertiary/aromatic N) is 1. The molecule has 66 valence electrons. The largest absolute Gasteiger partial charge is 0.495 e. The molecule has 1 aromatic rings. The Morgan fingerprint density at radius 3 is 2.85 bits per heavy atom.